The van der Waals surface area contributed by atoms with E-state index in [9.17, 15) is 14.4 Å². The third-order valence-corrected chi connectivity index (χ3v) is 1.12. The molecule has 0 bridgehead atoms. The summed E-state index contributed by atoms with van der Waals surface area (Å²) in [5.41, 5.74) is 0. The van der Waals surface area contributed by atoms with Gasteiger partial charge in [0, 0.05) is 5.92 Å². The van der Waals surface area contributed by atoms with Gasteiger partial charge >= 0.3 is 0 Å². The lowest BCUT2D eigenvalue weighted by molar-refractivity contribution is -0.141. The lowest BCUT2D eigenvalue weighted by Gasteiger charge is -1.96. The maximum absolute atomic E-state index is 10.7. The van der Waals surface area contributed by atoms with E-state index < -0.39 is 17.5 Å². The summed E-state index contributed by atoms with van der Waals surface area (Å²) >= 11 is 0. The van der Waals surface area contributed by atoms with Crippen LogP contribution in [0.3, 0.4) is 0 Å². The Morgan fingerprint density at radius 3 is 2.30 bits per heavy atom. The van der Waals surface area contributed by atoms with Crippen molar-refractivity contribution in [1.29, 1.82) is 0 Å². The van der Waals surface area contributed by atoms with E-state index in [1.165, 1.54) is 13.0 Å². The summed E-state index contributed by atoms with van der Waals surface area (Å²) in [5.74, 6) is -2.25. The molecular weight excluding hydrogens is 132 g/mol. The smallest absolute Gasteiger partial charge is 0.261 e. The second-order valence-corrected chi connectivity index (χ2v) is 1.87. The quantitative estimate of drug-likeness (QED) is 0.241. The topological polar surface area (TPSA) is 51.2 Å². The first-order valence-corrected chi connectivity index (χ1v) is 2.79. The second-order valence-electron chi connectivity index (χ2n) is 1.87. The summed E-state index contributed by atoms with van der Waals surface area (Å²) in [6.07, 6.45) is 1.34. The summed E-state index contributed by atoms with van der Waals surface area (Å²) in [6, 6.07) is 0. The Hall–Kier alpha value is -1.25. The Morgan fingerprint density at radius 2 is 2.00 bits per heavy atom. The number of hydrogen-bond donors (Lipinski definition) is 0. The molecule has 0 aromatic carbocycles. The lowest BCUT2D eigenvalue weighted by Crippen LogP contribution is -2.20. The summed E-state index contributed by atoms with van der Waals surface area (Å²) in [5, 5.41) is 0. The SMILES string of the molecule is C=CC(C)C(=O)C(=O)C=O. The zero-order valence-corrected chi connectivity index (χ0v) is 5.66. The molecule has 54 valence electrons. The van der Waals surface area contributed by atoms with E-state index in [4.69, 9.17) is 0 Å². The van der Waals surface area contributed by atoms with Gasteiger partial charge in [0.05, 0.1) is 0 Å². The highest BCUT2D eigenvalue weighted by atomic mass is 16.2. The van der Waals surface area contributed by atoms with Crippen molar-refractivity contribution in [2.45, 2.75) is 6.92 Å². The molecule has 3 heteroatoms. The molecule has 0 aromatic rings. The fourth-order valence-corrected chi connectivity index (χ4v) is 0.390. The van der Waals surface area contributed by atoms with Gasteiger partial charge in [-0.15, -0.1) is 6.58 Å². The van der Waals surface area contributed by atoms with Crippen LogP contribution < -0.4 is 0 Å². The predicted octanol–water partition coefficient (Wildman–Crippen LogP) is 0.146. The summed E-state index contributed by atoms with van der Waals surface area (Å²) in [6.45, 7) is 4.82. The lowest BCUT2D eigenvalue weighted by atomic mass is 10.0. The van der Waals surface area contributed by atoms with Gasteiger partial charge in [-0.25, -0.2) is 0 Å². The molecule has 0 aliphatic carbocycles. The van der Waals surface area contributed by atoms with Crippen molar-refractivity contribution in [3.63, 3.8) is 0 Å². The van der Waals surface area contributed by atoms with Gasteiger partial charge in [-0.2, -0.15) is 0 Å². The van der Waals surface area contributed by atoms with Gasteiger partial charge < -0.3 is 0 Å². The van der Waals surface area contributed by atoms with E-state index >= 15 is 0 Å². The molecule has 0 rings (SSSR count). The molecule has 0 saturated heterocycles. The minimum atomic E-state index is -0.993. The third-order valence-electron chi connectivity index (χ3n) is 1.12. The van der Waals surface area contributed by atoms with Gasteiger partial charge in [-0.1, -0.05) is 13.0 Å². The maximum atomic E-state index is 10.7. The number of allylic oxidation sites excluding steroid dienone is 1. The van der Waals surface area contributed by atoms with Crippen LogP contribution in [0.25, 0.3) is 0 Å². The number of rotatable bonds is 4. The molecule has 0 radical (unpaired) electrons. The zero-order valence-electron chi connectivity index (χ0n) is 5.66. The molecule has 0 spiro atoms. The van der Waals surface area contributed by atoms with Gasteiger partial charge in [-0.05, 0) is 0 Å². The molecule has 0 fully saturated rings. The van der Waals surface area contributed by atoms with Gasteiger partial charge in [0.1, 0.15) is 0 Å². The average molecular weight is 140 g/mol. The van der Waals surface area contributed by atoms with E-state index in [0.717, 1.165) is 0 Å². The number of aldehydes is 1. The van der Waals surface area contributed by atoms with Crippen LogP contribution in [0.5, 0.6) is 0 Å². The third kappa shape index (κ3) is 1.93. The molecule has 1 atom stereocenters. The van der Waals surface area contributed by atoms with Crippen LogP contribution in [0.1, 0.15) is 6.92 Å². The summed E-state index contributed by atoms with van der Waals surface area (Å²) < 4.78 is 0. The molecule has 0 amide bonds. The van der Waals surface area contributed by atoms with Crippen molar-refractivity contribution < 1.29 is 14.4 Å². The molecule has 0 aliphatic rings. The highest BCUT2D eigenvalue weighted by Gasteiger charge is 2.16. The molecule has 0 aromatic heterocycles. The van der Waals surface area contributed by atoms with E-state index in [1.54, 1.807) is 0 Å². The van der Waals surface area contributed by atoms with Crippen LogP contribution in [-0.4, -0.2) is 17.9 Å². The highest BCUT2D eigenvalue weighted by Crippen LogP contribution is 1.96. The fraction of sp³-hybridized carbons (Fsp3) is 0.286. The van der Waals surface area contributed by atoms with Crippen LogP contribution in [0.4, 0.5) is 0 Å². The van der Waals surface area contributed by atoms with Crippen molar-refractivity contribution in [2.75, 3.05) is 0 Å². The van der Waals surface area contributed by atoms with Gasteiger partial charge in [0.25, 0.3) is 5.78 Å². The van der Waals surface area contributed by atoms with Crippen molar-refractivity contribution in [3.05, 3.63) is 12.7 Å². The highest BCUT2D eigenvalue weighted by molar-refractivity contribution is 6.58. The molecule has 0 heterocycles. The van der Waals surface area contributed by atoms with Crippen LogP contribution >= 0.6 is 0 Å². The van der Waals surface area contributed by atoms with Crippen LogP contribution in [-0.2, 0) is 14.4 Å². The standard InChI is InChI=1S/C7H8O3/c1-3-5(2)7(10)6(9)4-8/h3-5H,1H2,2H3. The minimum Gasteiger partial charge on any atom is -0.294 e. The Bertz CT molecular complexity index is 181. The predicted molar refractivity (Wildman–Crippen MR) is 35.4 cm³/mol. The Kier molecular flexibility index (Phi) is 3.25. The monoisotopic (exact) mass is 140 g/mol. The van der Waals surface area contributed by atoms with Crippen LogP contribution in [0.2, 0.25) is 0 Å². The van der Waals surface area contributed by atoms with Gasteiger partial charge in [-0.3, -0.25) is 14.4 Å². The molecule has 3 nitrogen and oxygen atoms in total. The minimum absolute atomic E-state index is 0.0162. The van der Waals surface area contributed by atoms with Gasteiger partial charge in [0.15, 0.2) is 6.29 Å². The zero-order chi connectivity index (χ0) is 8.15. The first-order valence-electron chi connectivity index (χ1n) is 2.79. The van der Waals surface area contributed by atoms with Crippen molar-refractivity contribution in [3.8, 4) is 0 Å². The maximum Gasteiger partial charge on any atom is 0.261 e. The second kappa shape index (κ2) is 3.71. The number of ketones is 2. The molecule has 10 heavy (non-hydrogen) atoms. The van der Waals surface area contributed by atoms with Crippen molar-refractivity contribution >= 4 is 17.9 Å². The number of Topliss-reactive ketones (excluding diaryl/α,β-unsaturated/α-hetero) is 2. The fourth-order valence-electron chi connectivity index (χ4n) is 0.390. The Balaban J connectivity index is 4.21. The van der Waals surface area contributed by atoms with E-state index in [0.29, 0.717) is 0 Å². The molecule has 0 N–H and O–H groups in total. The number of carbonyl (C=O) groups excluding carboxylic acids is 3. The normalized spacial score (nSPS) is 11.7. The number of carbonyl (C=O) groups is 3. The van der Waals surface area contributed by atoms with Crippen molar-refractivity contribution in [2.24, 2.45) is 5.92 Å². The molecular formula is C7H8O3. The Morgan fingerprint density at radius 1 is 1.50 bits per heavy atom. The molecule has 0 saturated carbocycles. The van der Waals surface area contributed by atoms with Gasteiger partial charge in [0.2, 0.25) is 5.78 Å². The van der Waals surface area contributed by atoms with E-state index in [2.05, 4.69) is 6.58 Å². The first-order chi connectivity index (χ1) is 4.63. The largest absolute Gasteiger partial charge is 0.294 e. The van der Waals surface area contributed by atoms with E-state index in [-0.39, 0.29) is 6.29 Å². The van der Waals surface area contributed by atoms with E-state index in [1.807, 2.05) is 0 Å². The van der Waals surface area contributed by atoms with Crippen LogP contribution in [0.15, 0.2) is 12.7 Å². The average Bonchev–Trinajstić information content (AvgIpc) is 2.00. The first kappa shape index (κ1) is 8.75. The molecule has 0 aliphatic heterocycles. The Labute approximate surface area is 58.7 Å². The van der Waals surface area contributed by atoms with Crippen molar-refractivity contribution in [1.82, 2.24) is 0 Å². The van der Waals surface area contributed by atoms with Crippen LogP contribution in [0, 0.1) is 5.92 Å². The number of hydrogen-bond acceptors (Lipinski definition) is 3. The molecule has 1 unspecified atom stereocenters. The summed E-state index contributed by atoms with van der Waals surface area (Å²) in [7, 11) is 0. The summed E-state index contributed by atoms with van der Waals surface area (Å²) in [4.78, 5) is 30.8.